The van der Waals surface area contributed by atoms with Crippen LogP contribution in [0.5, 0.6) is 0 Å². The summed E-state index contributed by atoms with van der Waals surface area (Å²) in [5, 5.41) is 31.7. The topological polar surface area (TPSA) is 87.0 Å². The first-order chi connectivity index (χ1) is 9.20. The molecule has 5 heteroatoms. The maximum atomic E-state index is 11.7. The van der Waals surface area contributed by atoms with Gasteiger partial charge in [-0.05, 0) is 20.3 Å². The number of aliphatic hydroxyl groups excluding tert-OH is 2. The lowest BCUT2D eigenvalue weighted by Gasteiger charge is -2.53. The number of esters is 1. The minimum absolute atomic E-state index is 0.104. The van der Waals surface area contributed by atoms with Crippen LogP contribution in [0.15, 0.2) is 22.8 Å². The molecular weight excluding hydrogens is 260 g/mol. The smallest absolute Gasteiger partial charge is 0.336 e. The maximum Gasteiger partial charge on any atom is 0.336 e. The van der Waals surface area contributed by atoms with E-state index in [0.29, 0.717) is 6.42 Å². The van der Waals surface area contributed by atoms with Gasteiger partial charge in [0.2, 0.25) is 5.79 Å². The molecule has 0 aromatic carbocycles. The second kappa shape index (κ2) is 3.93. The van der Waals surface area contributed by atoms with E-state index < -0.39 is 29.4 Å². The highest BCUT2D eigenvalue weighted by Gasteiger charge is 2.63. The molecule has 1 saturated carbocycles. The summed E-state index contributed by atoms with van der Waals surface area (Å²) >= 11 is 0. The molecule has 20 heavy (non-hydrogen) atoms. The molecule has 5 atom stereocenters. The SMILES string of the molecule is CC1=CC[C@@H](O)[C@]2(C)C[C@]3(O)OC(=O)C(C)=C3[C@H](O)[C@@H]12. The third-order valence-corrected chi connectivity index (χ3v) is 5.25. The third kappa shape index (κ3) is 1.51. The molecule has 0 unspecified atom stereocenters. The van der Waals surface area contributed by atoms with E-state index in [4.69, 9.17) is 4.74 Å². The van der Waals surface area contributed by atoms with Gasteiger partial charge in [0, 0.05) is 28.9 Å². The van der Waals surface area contributed by atoms with Crippen LogP contribution in [0.4, 0.5) is 0 Å². The van der Waals surface area contributed by atoms with Crippen molar-refractivity contribution in [3.8, 4) is 0 Å². The Kier molecular flexibility index (Phi) is 2.71. The first-order valence-electron chi connectivity index (χ1n) is 6.90. The zero-order valence-corrected chi connectivity index (χ0v) is 11.9. The Balaban J connectivity index is 2.16. The quantitative estimate of drug-likeness (QED) is 0.448. The van der Waals surface area contributed by atoms with E-state index in [1.165, 1.54) is 0 Å². The molecule has 5 nitrogen and oxygen atoms in total. The Hall–Kier alpha value is -1.17. The standard InChI is InChI=1S/C15H20O5/c1-7-4-5-9(16)14(3)6-15(19)11(12(17)10(7)14)8(2)13(18)20-15/h4,9-10,12,16-17,19H,5-6H2,1-3H3/t9-,10-,12-,14+,15+/m1/s1. The van der Waals surface area contributed by atoms with Gasteiger partial charge < -0.3 is 20.1 Å². The number of aliphatic hydroxyl groups is 3. The second-order valence-corrected chi connectivity index (χ2v) is 6.52. The lowest BCUT2D eigenvalue weighted by molar-refractivity contribution is -0.223. The largest absolute Gasteiger partial charge is 0.426 e. The van der Waals surface area contributed by atoms with Crippen LogP contribution in [0.2, 0.25) is 0 Å². The Morgan fingerprint density at radius 3 is 2.65 bits per heavy atom. The first-order valence-corrected chi connectivity index (χ1v) is 6.90. The highest BCUT2D eigenvalue weighted by molar-refractivity contribution is 5.92. The minimum atomic E-state index is -1.79. The number of hydrogen-bond donors (Lipinski definition) is 3. The monoisotopic (exact) mass is 280 g/mol. The van der Waals surface area contributed by atoms with Gasteiger partial charge in [0.05, 0.1) is 12.2 Å². The molecule has 0 aromatic rings. The van der Waals surface area contributed by atoms with Gasteiger partial charge in [-0.2, -0.15) is 0 Å². The van der Waals surface area contributed by atoms with Crippen molar-refractivity contribution in [3.05, 3.63) is 22.8 Å². The fraction of sp³-hybridized carbons (Fsp3) is 0.667. The molecule has 0 radical (unpaired) electrons. The molecule has 0 spiro atoms. The Morgan fingerprint density at radius 1 is 1.35 bits per heavy atom. The van der Waals surface area contributed by atoms with Crippen LogP contribution < -0.4 is 0 Å². The molecule has 110 valence electrons. The van der Waals surface area contributed by atoms with E-state index in [-0.39, 0.29) is 23.5 Å². The van der Waals surface area contributed by atoms with Crippen molar-refractivity contribution in [2.75, 3.05) is 0 Å². The normalized spacial score (nSPS) is 47.6. The van der Waals surface area contributed by atoms with Gasteiger partial charge in [0.25, 0.3) is 0 Å². The van der Waals surface area contributed by atoms with Gasteiger partial charge in [-0.25, -0.2) is 4.79 Å². The molecule has 3 rings (SSSR count). The molecule has 0 aromatic heterocycles. The zero-order chi connectivity index (χ0) is 14.9. The van der Waals surface area contributed by atoms with Crippen molar-refractivity contribution in [1.82, 2.24) is 0 Å². The number of ether oxygens (including phenoxy) is 1. The summed E-state index contributed by atoms with van der Waals surface area (Å²) < 4.78 is 5.09. The number of fused-ring (bicyclic) bond motifs is 2. The lowest BCUT2D eigenvalue weighted by Crippen LogP contribution is -2.59. The Labute approximate surface area is 117 Å². The van der Waals surface area contributed by atoms with Crippen LogP contribution in [0.3, 0.4) is 0 Å². The fourth-order valence-electron chi connectivity index (χ4n) is 4.21. The van der Waals surface area contributed by atoms with Crippen LogP contribution in [-0.2, 0) is 9.53 Å². The maximum absolute atomic E-state index is 11.7. The van der Waals surface area contributed by atoms with Crippen LogP contribution in [-0.4, -0.2) is 39.3 Å². The van der Waals surface area contributed by atoms with Crippen molar-refractivity contribution in [2.24, 2.45) is 11.3 Å². The Bertz CT molecular complexity index is 548. The second-order valence-electron chi connectivity index (χ2n) is 6.52. The summed E-state index contributed by atoms with van der Waals surface area (Å²) in [6.45, 7) is 5.30. The predicted octanol–water partition coefficient (Wildman–Crippen LogP) is 0.646. The van der Waals surface area contributed by atoms with Crippen LogP contribution >= 0.6 is 0 Å². The summed E-state index contributed by atoms with van der Waals surface area (Å²) in [7, 11) is 0. The molecule has 1 heterocycles. The van der Waals surface area contributed by atoms with Gasteiger partial charge in [-0.15, -0.1) is 0 Å². The third-order valence-electron chi connectivity index (χ3n) is 5.25. The summed E-state index contributed by atoms with van der Waals surface area (Å²) in [6.07, 6.45) is 0.797. The van der Waals surface area contributed by atoms with Gasteiger partial charge in [0.15, 0.2) is 0 Å². The van der Waals surface area contributed by atoms with Gasteiger partial charge in [-0.3, -0.25) is 0 Å². The molecular formula is C15H20O5. The average molecular weight is 280 g/mol. The van der Waals surface area contributed by atoms with Crippen LogP contribution in [0.1, 0.15) is 33.6 Å². The van der Waals surface area contributed by atoms with Crippen LogP contribution in [0.25, 0.3) is 0 Å². The van der Waals surface area contributed by atoms with E-state index in [1.807, 2.05) is 19.9 Å². The molecule has 2 aliphatic carbocycles. The molecule has 0 saturated heterocycles. The van der Waals surface area contributed by atoms with Crippen molar-refractivity contribution < 1.29 is 24.9 Å². The highest BCUT2D eigenvalue weighted by Crippen LogP contribution is 2.57. The van der Waals surface area contributed by atoms with Gasteiger partial charge >= 0.3 is 5.97 Å². The summed E-state index contributed by atoms with van der Waals surface area (Å²) in [4.78, 5) is 11.7. The van der Waals surface area contributed by atoms with E-state index in [0.717, 1.165) is 5.57 Å². The molecule has 0 amide bonds. The predicted molar refractivity (Wildman–Crippen MR) is 70.3 cm³/mol. The highest BCUT2D eigenvalue weighted by atomic mass is 16.7. The lowest BCUT2D eigenvalue weighted by atomic mass is 9.55. The number of carbonyl (C=O) groups excluding carboxylic acids is 1. The molecule has 1 fully saturated rings. The summed E-state index contributed by atoms with van der Waals surface area (Å²) in [5.41, 5.74) is 0.787. The van der Waals surface area contributed by atoms with Gasteiger partial charge in [-0.1, -0.05) is 18.6 Å². The van der Waals surface area contributed by atoms with E-state index >= 15 is 0 Å². The molecule has 1 aliphatic heterocycles. The van der Waals surface area contributed by atoms with Crippen molar-refractivity contribution in [2.45, 2.75) is 51.6 Å². The number of rotatable bonds is 0. The van der Waals surface area contributed by atoms with E-state index in [1.54, 1.807) is 6.92 Å². The van der Waals surface area contributed by atoms with Crippen LogP contribution in [0, 0.1) is 11.3 Å². The van der Waals surface area contributed by atoms with Crippen molar-refractivity contribution >= 4 is 5.97 Å². The molecule has 3 N–H and O–H groups in total. The van der Waals surface area contributed by atoms with Crippen molar-refractivity contribution in [1.29, 1.82) is 0 Å². The van der Waals surface area contributed by atoms with Crippen molar-refractivity contribution in [3.63, 3.8) is 0 Å². The average Bonchev–Trinajstić information content (AvgIpc) is 2.54. The van der Waals surface area contributed by atoms with E-state index in [9.17, 15) is 20.1 Å². The molecule has 0 bridgehead atoms. The summed E-state index contributed by atoms with van der Waals surface area (Å²) in [5.74, 6) is -2.70. The number of hydrogen-bond acceptors (Lipinski definition) is 5. The minimum Gasteiger partial charge on any atom is -0.426 e. The Morgan fingerprint density at radius 2 is 2.00 bits per heavy atom. The fourth-order valence-corrected chi connectivity index (χ4v) is 4.21. The van der Waals surface area contributed by atoms with E-state index in [2.05, 4.69) is 0 Å². The summed E-state index contributed by atoms with van der Waals surface area (Å²) in [6, 6.07) is 0. The number of carbonyl (C=O) groups is 1. The molecule has 3 aliphatic rings. The zero-order valence-electron chi connectivity index (χ0n) is 11.9. The first kappa shape index (κ1) is 13.8. The van der Waals surface area contributed by atoms with Gasteiger partial charge in [0.1, 0.15) is 0 Å².